The number of fused-ring (bicyclic) bond motifs is 1. The van der Waals surface area contributed by atoms with Crippen LogP contribution < -0.4 is 5.32 Å². The number of aliphatic imine (C=N–C) groups is 1. The fraction of sp³-hybridized carbons (Fsp3) is 0.333. The van der Waals surface area contributed by atoms with E-state index in [1.165, 1.54) is 0 Å². The van der Waals surface area contributed by atoms with Gasteiger partial charge in [-0.1, -0.05) is 6.58 Å². The fourth-order valence-corrected chi connectivity index (χ4v) is 1.31. The summed E-state index contributed by atoms with van der Waals surface area (Å²) < 4.78 is 2.03. The number of rotatable bonds is 1. The lowest BCUT2D eigenvalue weighted by atomic mass is 10.3. The summed E-state index contributed by atoms with van der Waals surface area (Å²) in [5, 5.41) is 2.93. The van der Waals surface area contributed by atoms with Crippen molar-refractivity contribution in [2.45, 2.75) is 19.9 Å². The highest BCUT2D eigenvalue weighted by Crippen LogP contribution is 2.27. The molecule has 2 heterocycles. The summed E-state index contributed by atoms with van der Waals surface area (Å²) in [5.74, 6) is 0.888. The van der Waals surface area contributed by atoms with Crippen molar-refractivity contribution in [1.29, 1.82) is 0 Å². The van der Waals surface area contributed by atoms with Crippen molar-refractivity contribution in [3.05, 3.63) is 18.6 Å². The van der Waals surface area contributed by atoms with E-state index in [-0.39, 0.29) is 0 Å². The van der Waals surface area contributed by atoms with Gasteiger partial charge in [-0.25, -0.2) is 9.98 Å². The average Bonchev–Trinajstić information content (AvgIpc) is 2.48. The van der Waals surface area contributed by atoms with Gasteiger partial charge in [-0.3, -0.25) is 0 Å². The first-order valence-corrected chi connectivity index (χ1v) is 4.25. The molecular weight excluding hydrogens is 164 g/mol. The zero-order valence-electron chi connectivity index (χ0n) is 7.78. The Labute approximate surface area is 77.0 Å². The predicted octanol–water partition coefficient (Wildman–Crippen LogP) is 1.70. The highest BCUT2D eigenvalue weighted by molar-refractivity contribution is 5.83. The normalized spacial score (nSPS) is 14.5. The molecule has 1 aromatic heterocycles. The number of hydrogen-bond acceptors (Lipinski definition) is 3. The Hall–Kier alpha value is -1.58. The predicted molar refractivity (Wildman–Crippen MR) is 52.9 cm³/mol. The Morgan fingerprint density at radius 2 is 2.31 bits per heavy atom. The number of nitrogens with one attached hydrogen (secondary N) is 1. The zero-order chi connectivity index (χ0) is 9.42. The molecule has 0 fully saturated rings. The summed E-state index contributed by atoms with van der Waals surface area (Å²) >= 11 is 0. The van der Waals surface area contributed by atoms with Crippen LogP contribution in [0.1, 0.15) is 25.6 Å². The maximum Gasteiger partial charge on any atom is 0.163 e. The molecule has 0 aliphatic carbocycles. The molecule has 0 aromatic carbocycles. The number of imidazole rings is 1. The molecule has 1 N–H and O–H groups in total. The Morgan fingerprint density at radius 1 is 1.54 bits per heavy atom. The van der Waals surface area contributed by atoms with Crippen LogP contribution in [-0.4, -0.2) is 15.9 Å². The Bertz CT molecular complexity index is 373. The van der Waals surface area contributed by atoms with Crippen molar-refractivity contribution in [3.8, 4) is 0 Å². The molecule has 0 saturated carbocycles. The number of aromatic nitrogens is 2. The molecule has 4 heteroatoms. The van der Waals surface area contributed by atoms with Crippen molar-refractivity contribution in [2.24, 2.45) is 4.99 Å². The smallest absolute Gasteiger partial charge is 0.163 e. The molecule has 2 rings (SSSR count). The molecule has 68 valence electrons. The number of hydrogen-bond donors (Lipinski definition) is 1. The van der Waals surface area contributed by atoms with E-state index < -0.39 is 0 Å². The van der Waals surface area contributed by atoms with Gasteiger partial charge in [0.2, 0.25) is 0 Å². The first-order chi connectivity index (χ1) is 6.20. The monoisotopic (exact) mass is 176 g/mol. The van der Waals surface area contributed by atoms with E-state index in [2.05, 4.69) is 35.7 Å². The quantitative estimate of drug-likeness (QED) is 0.707. The Kier molecular flexibility index (Phi) is 1.69. The van der Waals surface area contributed by atoms with E-state index in [0.29, 0.717) is 6.04 Å². The van der Waals surface area contributed by atoms with Gasteiger partial charge in [0.25, 0.3) is 0 Å². The first kappa shape index (κ1) is 8.04. The second-order valence-corrected chi connectivity index (χ2v) is 3.30. The molecule has 0 spiro atoms. The van der Waals surface area contributed by atoms with Crippen molar-refractivity contribution >= 4 is 17.9 Å². The number of nitrogens with zero attached hydrogens (tertiary/aromatic N) is 3. The zero-order valence-corrected chi connectivity index (χ0v) is 7.78. The van der Waals surface area contributed by atoms with Crippen LogP contribution in [-0.2, 0) is 0 Å². The summed E-state index contributed by atoms with van der Waals surface area (Å²) in [5.41, 5.74) is 1.65. The van der Waals surface area contributed by atoms with Gasteiger partial charge in [0.05, 0.1) is 18.4 Å². The SMILES string of the molecule is C=C1NC=Nc2c1ncn2C(C)C. The van der Waals surface area contributed by atoms with Crippen LogP contribution in [0.25, 0.3) is 5.70 Å². The topological polar surface area (TPSA) is 42.2 Å². The molecule has 0 amide bonds. The third-order valence-corrected chi connectivity index (χ3v) is 2.04. The van der Waals surface area contributed by atoms with E-state index in [1.54, 1.807) is 12.7 Å². The third-order valence-electron chi connectivity index (χ3n) is 2.04. The van der Waals surface area contributed by atoms with Crippen molar-refractivity contribution < 1.29 is 0 Å². The molecule has 13 heavy (non-hydrogen) atoms. The summed E-state index contributed by atoms with van der Waals surface area (Å²) in [7, 11) is 0. The molecule has 0 bridgehead atoms. The minimum atomic E-state index is 0.374. The second kappa shape index (κ2) is 2.73. The molecule has 4 nitrogen and oxygen atoms in total. The van der Waals surface area contributed by atoms with Crippen LogP contribution in [0.15, 0.2) is 17.9 Å². The summed E-state index contributed by atoms with van der Waals surface area (Å²) in [4.78, 5) is 8.47. The van der Waals surface area contributed by atoms with Crippen LogP contribution in [0.3, 0.4) is 0 Å². The van der Waals surface area contributed by atoms with Crippen LogP contribution in [0, 0.1) is 0 Å². The standard InChI is InChI=1S/C9H12N4/c1-6(2)13-5-12-8-7(3)10-4-11-9(8)13/h4-6H,3H2,1-2H3,(H,10,11). The van der Waals surface area contributed by atoms with Gasteiger partial charge in [-0.2, -0.15) is 0 Å². The summed E-state index contributed by atoms with van der Waals surface area (Å²) in [6, 6.07) is 0.374. The average molecular weight is 176 g/mol. The second-order valence-electron chi connectivity index (χ2n) is 3.30. The van der Waals surface area contributed by atoms with Crippen molar-refractivity contribution in [2.75, 3.05) is 0 Å². The lowest BCUT2D eigenvalue weighted by Gasteiger charge is -2.13. The van der Waals surface area contributed by atoms with Gasteiger partial charge in [-0.05, 0) is 13.8 Å². The van der Waals surface area contributed by atoms with Gasteiger partial charge in [-0.15, -0.1) is 0 Å². The van der Waals surface area contributed by atoms with Crippen molar-refractivity contribution in [3.63, 3.8) is 0 Å². The van der Waals surface area contributed by atoms with E-state index in [1.807, 2.05) is 4.57 Å². The fourth-order valence-electron chi connectivity index (χ4n) is 1.31. The minimum Gasteiger partial charge on any atom is -0.345 e. The highest BCUT2D eigenvalue weighted by Gasteiger charge is 2.16. The molecule has 0 radical (unpaired) electrons. The van der Waals surface area contributed by atoms with Crippen LogP contribution in [0.5, 0.6) is 0 Å². The molecule has 1 aliphatic rings. The van der Waals surface area contributed by atoms with Crippen LogP contribution in [0.2, 0.25) is 0 Å². The van der Waals surface area contributed by atoms with E-state index in [9.17, 15) is 0 Å². The van der Waals surface area contributed by atoms with E-state index >= 15 is 0 Å². The van der Waals surface area contributed by atoms with Gasteiger partial charge >= 0.3 is 0 Å². The lowest BCUT2D eigenvalue weighted by molar-refractivity contribution is 0.603. The Morgan fingerprint density at radius 3 is 3.00 bits per heavy atom. The molecule has 0 unspecified atom stereocenters. The van der Waals surface area contributed by atoms with Crippen LogP contribution >= 0.6 is 0 Å². The molecule has 1 aliphatic heterocycles. The first-order valence-electron chi connectivity index (χ1n) is 4.25. The largest absolute Gasteiger partial charge is 0.345 e. The van der Waals surface area contributed by atoms with E-state index in [0.717, 1.165) is 17.2 Å². The minimum absolute atomic E-state index is 0.374. The van der Waals surface area contributed by atoms with Gasteiger partial charge in [0, 0.05) is 6.04 Å². The Balaban J connectivity index is 2.55. The van der Waals surface area contributed by atoms with Gasteiger partial charge < -0.3 is 9.88 Å². The van der Waals surface area contributed by atoms with E-state index in [4.69, 9.17) is 0 Å². The third kappa shape index (κ3) is 1.14. The summed E-state index contributed by atoms with van der Waals surface area (Å²) in [6.45, 7) is 8.05. The van der Waals surface area contributed by atoms with Crippen molar-refractivity contribution in [1.82, 2.24) is 14.9 Å². The van der Waals surface area contributed by atoms with Gasteiger partial charge in [0.1, 0.15) is 5.69 Å². The maximum atomic E-state index is 4.25. The highest BCUT2D eigenvalue weighted by atomic mass is 15.2. The maximum absolute atomic E-state index is 4.25. The van der Waals surface area contributed by atoms with Crippen LogP contribution in [0.4, 0.5) is 5.82 Å². The molecule has 0 saturated heterocycles. The summed E-state index contributed by atoms with van der Waals surface area (Å²) in [6.07, 6.45) is 3.44. The molecule has 1 aromatic rings. The lowest BCUT2D eigenvalue weighted by Crippen LogP contribution is -2.13. The molecule has 0 atom stereocenters. The van der Waals surface area contributed by atoms with Gasteiger partial charge in [0.15, 0.2) is 5.82 Å². The molecular formula is C9H12N4.